The van der Waals surface area contributed by atoms with Crippen LogP contribution in [0.1, 0.15) is 19.8 Å². The average Bonchev–Trinajstić information content (AvgIpc) is 2.61. The second-order valence-corrected chi connectivity index (χ2v) is 5.88. The van der Waals surface area contributed by atoms with Crippen molar-refractivity contribution in [1.29, 1.82) is 0 Å². The lowest BCUT2D eigenvalue weighted by atomic mass is 9.96. The topological polar surface area (TPSA) is 98.9 Å². The van der Waals surface area contributed by atoms with E-state index in [-0.39, 0.29) is 17.7 Å². The third kappa shape index (κ3) is 5.44. The van der Waals surface area contributed by atoms with Gasteiger partial charge in [-0.15, -0.1) is 0 Å². The van der Waals surface area contributed by atoms with Gasteiger partial charge in [0.2, 0.25) is 5.91 Å². The zero-order chi connectivity index (χ0) is 18.4. The molecule has 0 bridgehead atoms. The van der Waals surface area contributed by atoms with Crippen LogP contribution in [-0.2, 0) is 19.1 Å². The molecule has 1 fully saturated rings. The number of likely N-dealkylation sites (tertiary alicyclic amines) is 1. The molecule has 2 amide bonds. The fourth-order valence-corrected chi connectivity index (χ4v) is 2.52. The summed E-state index contributed by atoms with van der Waals surface area (Å²) in [6, 6.07) is 5.22. The molecule has 1 aliphatic heterocycles. The molecule has 25 heavy (non-hydrogen) atoms. The molecule has 0 saturated carbocycles. The van der Waals surface area contributed by atoms with Crippen molar-refractivity contribution in [2.45, 2.75) is 25.9 Å². The largest absolute Gasteiger partial charge is 0.479 e. The van der Waals surface area contributed by atoms with Crippen LogP contribution in [0, 0.1) is 11.7 Å². The third-order valence-corrected chi connectivity index (χ3v) is 4.05. The van der Waals surface area contributed by atoms with Crippen molar-refractivity contribution in [2.75, 3.05) is 19.7 Å². The van der Waals surface area contributed by atoms with Crippen LogP contribution in [0.25, 0.3) is 0 Å². The van der Waals surface area contributed by atoms with E-state index in [1.165, 1.54) is 36.1 Å². The molecule has 0 spiro atoms. The van der Waals surface area contributed by atoms with E-state index in [1.54, 1.807) is 0 Å². The number of rotatable bonds is 6. The minimum Gasteiger partial charge on any atom is -0.479 e. The van der Waals surface area contributed by atoms with E-state index in [9.17, 15) is 18.8 Å². The number of hydrogen-bond acceptors (Lipinski definition) is 5. The number of benzene rings is 1. The van der Waals surface area contributed by atoms with Gasteiger partial charge in [0.15, 0.2) is 12.7 Å². The van der Waals surface area contributed by atoms with Gasteiger partial charge < -0.3 is 20.1 Å². The molecule has 2 rings (SSSR count). The van der Waals surface area contributed by atoms with Crippen molar-refractivity contribution in [3.63, 3.8) is 0 Å². The quantitative estimate of drug-likeness (QED) is 0.766. The highest BCUT2D eigenvalue weighted by Crippen LogP contribution is 2.17. The lowest BCUT2D eigenvalue weighted by Crippen LogP contribution is -2.43. The highest BCUT2D eigenvalue weighted by Gasteiger charge is 2.27. The molecule has 1 aliphatic rings. The van der Waals surface area contributed by atoms with E-state index in [0.29, 0.717) is 31.7 Å². The molecule has 0 unspecified atom stereocenters. The van der Waals surface area contributed by atoms with Gasteiger partial charge in [-0.1, -0.05) is 0 Å². The summed E-state index contributed by atoms with van der Waals surface area (Å²) >= 11 is 0. The Hall–Kier alpha value is -2.64. The Morgan fingerprint density at radius 3 is 2.40 bits per heavy atom. The van der Waals surface area contributed by atoms with Gasteiger partial charge in [0.25, 0.3) is 5.91 Å². The summed E-state index contributed by atoms with van der Waals surface area (Å²) in [4.78, 5) is 36.6. The van der Waals surface area contributed by atoms with Gasteiger partial charge in [-0.05, 0) is 44.0 Å². The van der Waals surface area contributed by atoms with Gasteiger partial charge in [-0.3, -0.25) is 9.59 Å². The first-order valence-corrected chi connectivity index (χ1v) is 8.02. The zero-order valence-corrected chi connectivity index (χ0v) is 13.9. The molecular formula is C17H21FN2O5. The van der Waals surface area contributed by atoms with Crippen LogP contribution in [0.2, 0.25) is 0 Å². The normalized spacial score (nSPS) is 16.2. The van der Waals surface area contributed by atoms with Crippen molar-refractivity contribution in [1.82, 2.24) is 4.90 Å². The van der Waals surface area contributed by atoms with Gasteiger partial charge in [-0.25, -0.2) is 9.18 Å². The predicted molar refractivity (Wildman–Crippen MR) is 85.9 cm³/mol. The minimum atomic E-state index is -0.932. The minimum absolute atomic E-state index is 0.212. The molecule has 0 radical (unpaired) electrons. The monoisotopic (exact) mass is 352 g/mol. The molecule has 136 valence electrons. The lowest BCUT2D eigenvalue weighted by Gasteiger charge is -2.30. The Labute approximate surface area is 144 Å². The number of piperidine rings is 1. The molecule has 1 heterocycles. The summed E-state index contributed by atoms with van der Waals surface area (Å²) in [7, 11) is 0. The fourth-order valence-electron chi connectivity index (χ4n) is 2.52. The van der Waals surface area contributed by atoms with E-state index in [4.69, 9.17) is 15.2 Å². The van der Waals surface area contributed by atoms with Crippen molar-refractivity contribution < 1.29 is 28.2 Å². The number of halogens is 1. The smallest absolute Gasteiger partial charge is 0.347 e. The summed E-state index contributed by atoms with van der Waals surface area (Å²) in [5, 5.41) is 0. The Balaban J connectivity index is 1.74. The predicted octanol–water partition coefficient (Wildman–Crippen LogP) is 0.860. The SMILES string of the molecule is C[C@H](Oc1ccc(F)cc1)C(=O)OCC(=O)N1CCC(C(N)=O)CC1. The summed E-state index contributed by atoms with van der Waals surface area (Å²) in [6.07, 6.45) is 0.0944. The highest BCUT2D eigenvalue weighted by atomic mass is 19.1. The van der Waals surface area contributed by atoms with Gasteiger partial charge in [0, 0.05) is 19.0 Å². The summed E-state index contributed by atoms with van der Waals surface area (Å²) in [5.41, 5.74) is 5.25. The van der Waals surface area contributed by atoms with Crippen LogP contribution in [0.4, 0.5) is 4.39 Å². The van der Waals surface area contributed by atoms with Gasteiger partial charge in [0.1, 0.15) is 11.6 Å². The number of primary amides is 1. The second-order valence-electron chi connectivity index (χ2n) is 5.88. The standard InChI is InChI=1S/C17H21FN2O5/c1-11(25-14-4-2-13(18)3-5-14)17(23)24-10-15(21)20-8-6-12(7-9-20)16(19)22/h2-5,11-12H,6-10H2,1H3,(H2,19,22)/t11-/m0/s1. The van der Waals surface area contributed by atoms with E-state index < -0.39 is 24.5 Å². The Kier molecular flexibility index (Phi) is 6.32. The molecule has 1 atom stereocenters. The maximum atomic E-state index is 12.8. The number of carbonyl (C=O) groups excluding carboxylic acids is 3. The Morgan fingerprint density at radius 1 is 1.24 bits per heavy atom. The summed E-state index contributed by atoms with van der Waals surface area (Å²) in [5.74, 6) is -1.67. The molecule has 1 saturated heterocycles. The van der Waals surface area contributed by atoms with Crippen LogP contribution in [0.5, 0.6) is 5.75 Å². The van der Waals surface area contributed by atoms with E-state index in [1.807, 2.05) is 0 Å². The number of ether oxygens (including phenoxy) is 2. The van der Waals surface area contributed by atoms with Crippen molar-refractivity contribution in [2.24, 2.45) is 11.7 Å². The summed E-state index contributed by atoms with van der Waals surface area (Å²) in [6.45, 7) is 1.91. The molecule has 1 aromatic rings. The Morgan fingerprint density at radius 2 is 1.84 bits per heavy atom. The number of esters is 1. The van der Waals surface area contributed by atoms with Crippen LogP contribution >= 0.6 is 0 Å². The van der Waals surface area contributed by atoms with Gasteiger partial charge >= 0.3 is 5.97 Å². The average molecular weight is 352 g/mol. The molecule has 0 aromatic heterocycles. The molecule has 2 N–H and O–H groups in total. The highest BCUT2D eigenvalue weighted by molar-refractivity contribution is 5.82. The Bertz CT molecular complexity index is 626. The van der Waals surface area contributed by atoms with E-state index >= 15 is 0 Å². The van der Waals surface area contributed by atoms with Crippen LogP contribution in [-0.4, -0.2) is 48.5 Å². The van der Waals surface area contributed by atoms with E-state index in [0.717, 1.165) is 0 Å². The first-order valence-electron chi connectivity index (χ1n) is 8.02. The molecule has 7 nitrogen and oxygen atoms in total. The zero-order valence-electron chi connectivity index (χ0n) is 13.9. The number of hydrogen-bond donors (Lipinski definition) is 1. The number of nitrogens with two attached hydrogens (primary N) is 1. The molecule has 8 heteroatoms. The van der Waals surface area contributed by atoms with Crippen molar-refractivity contribution in [3.05, 3.63) is 30.1 Å². The summed E-state index contributed by atoms with van der Waals surface area (Å²) < 4.78 is 23.1. The van der Waals surface area contributed by atoms with Gasteiger partial charge in [-0.2, -0.15) is 0 Å². The van der Waals surface area contributed by atoms with Crippen LogP contribution in [0.15, 0.2) is 24.3 Å². The maximum Gasteiger partial charge on any atom is 0.347 e. The molecule has 0 aliphatic carbocycles. The van der Waals surface area contributed by atoms with Crippen molar-refractivity contribution in [3.8, 4) is 5.75 Å². The lowest BCUT2D eigenvalue weighted by molar-refractivity contribution is -0.157. The van der Waals surface area contributed by atoms with E-state index in [2.05, 4.69) is 0 Å². The number of carbonyl (C=O) groups is 3. The molecular weight excluding hydrogens is 331 g/mol. The fraction of sp³-hybridized carbons (Fsp3) is 0.471. The number of nitrogens with zero attached hydrogens (tertiary/aromatic N) is 1. The molecule has 1 aromatic carbocycles. The first kappa shape index (κ1) is 18.7. The number of amides is 2. The van der Waals surface area contributed by atoms with Crippen molar-refractivity contribution >= 4 is 17.8 Å². The van der Waals surface area contributed by atoms with Crippen LogP contribution < -0.4 is 10.5 Å². The maximum absolute atomic E-state index is 12.8. The van der Waals surface area contributed by atoms with Gasteiger partial charge in [0.05, 0.1) is 0 Å². The second kappa shape index (κ2) is 8.46. The first-order chi connectivity index (χ1) is 11.9. The van der Waals surface area contributed by atoms with Crippen LogP contribution in [0.3, 0.4) is 0 Å². The third-order valence-electron chi connectivity index (χ3n) is 4.05.